The Morgan fingerprint density at radius 3 is 2.80 bits per heavy atom. The normalized spacial score (nSPS) is 20.1. The van der Waals surface area contributed by atoms with Crippen molar-refractivity contribution in [3.63, 3.8) is 0 Å². The van der Waals surface area contributed by atoms with Crippen molar-refractivity contribution in [1.29, 1.82) is 0 Å². The van der Waals surface area contributed by atoms with Crippen molar-refractivity contribution in [2.45, 2.75) is 70.9 Å². The summed E-state index contributed by atoms with van der Waals surface area (Å²) in [6, 6.07) is -0.132. The van der Waals surface area contributed by atoms with Gasteiger partial charge < -0.3 is 9.47 Å². The van der Waals surface area contributed by atoms with Crippen molar-refractivity contribution in [2.75, 3.05) is 13.6 Å². The van der Waals surface area contributed by atoms with Crippen LogP contribution in [0.2, 0.25) is 0 Å². The van der Waals surface area contributed by atoms with E-state index in [1.165, 1.54) is 12.4 Å². The fourth-order valence-electron chi connectivity index (χ4n) is 3.33. The number of hydrogen-bond donors (Lipinski definition) is 0. The number of halogens is 3. The van der Waals surface area contributed by atoms with Gasteiger partial charge in [-0.25, -0.2) is 4.98 Å². The molecular formula is C17H27F3N4O. The Bertz CT molecular complexity index is 572. The van der Waals surface area contributed by atoms with Crippen LogP contribution < -0.4 is 0 Å². The Kier molecular flexibility index (Phi) is 6.48. The van der Waals surface area contributed by atoms with E-state index in [0.717, 1.165) is 36.8 Å². The molecule has 0 bridgehead atoms. The van der Waals surface area contributed by atoms with Gasteiger partial charge in [0, 0.05) is 25.0 Å². The molecule has 0 spiro atoms. The van der Waals surface area contributed by atoms with Gasteiger partial charge in [0.05, 0.1) is 12.6 Å². The number of hydrogen-bond acceptors (Lipinski definition) is 3. The molecule has 1 fully saturated rings. The summed E-state index contributed by atoms with van der Waals surface area (Å²) in [6.07, 6.45) is 2.49. The first kappa shape index (κ1) is 19.8. The third-order valence-electron chi connectivity index (χ3n) is 4.94. The SMILES string of the molecule is CCC1CCCCN1C(=O)C(C)N(C)Cc1nccn1CC(F)(F)F. The van der Waals surface area contributed by atoms with Gasteiger partial charge in [0.15, 0.2) is 0 Å². The van der Waals surface area contributed by atoms with E-state index in [9.17, 15) is 18.0 Å². The van der Waals surface area contributed by atoms with Crippen LogP contribution in [0, 0.1) is 0 Å². The maximum atomic E-state index is 12.8. The van der Waals surface area contributed by atoms with Crippen molar-refractivity contribution < 1.29 is 18.0 Å². The monoisotopic (exact) mass is 360 g/mol. The maximum Gasteiger partial charge on any atom is 0.406 e. The van der Waals surface area contributed by atoms with Gasteiger partial charge >= 0.3 is 6.18 Å². The zero-order chi connectivity index (χ0) is 18.6. The zero-order valence-electron chi connectivity index (χ0n) is 15.1. The van der Waals surface area contributed by atoms with E-state index in [1.807, 2.05) is 4.90 Å². The number of carbonyl (C=O) groups is 1. The van der Waals surface area contributed by atoms with E-state index in [1.54, 1.807) is 18.9 Å². The lowest BCUT2D eigenvalue weighted by Crippen LogP contribution is -2.51. The van der Waals surface area contributed by atoms with Gasteiger partial charge in [0.1, 0.15) is 12.4 Å². The average Bonchev–Trinajstić information content (AvgIpc) is 2.98. The predicted octanol–water partition coefficient (Wildman–Crippen LogP) is 3.06. The number of piperidine rings is 1. The van der Waals surface area contributed by atoms with Gasteiger partial charge in [-0.1, -0.05) is 6.92 Å². The molecule has 0 N–H and O–H groups in total. The van der Waals surface area contributed by atoms with Crippen LogP contribution in [0.15, 0.2) is 12.4 Å². The van der Waals surface area contributed by atoms with E-state index in [4.69, 9.17) is 0 Å². The molecule has 1 aromatic rings. The van der Waals surface area contributed by atoms with Crippen LogP contribution in [0.5, 0.6) is 0 Å². The van der Waals surface area contributed by atoms with Gasteiger partial charge in [0.2, 0.25) is 5.91 Å². The lowest BCUT2D eigenvalue weighted by atomic mass is 9.99. The molecule has 0 aliphatic carbocycles. The number of aromatic nitrogens is 2. The van der Waals surface area contributed by atoms with Crippen molar-refractivity contribution in [2.24, 2.45) is 0 Å². The molecule has 0 saturated carbocycles. The van der Waals surface area contributed by atoms with Gasteiger partial charge in [-0.05, 0) is 39.7 Å². The second-order valence-corrected chi connectivity index (χ2v) is 6.77. The summed E-state index contributed by atoms with van der Waals surface area (Å²) in [6.45, 7) is 3.78. The second-order valence-electron chi connectivity index (χ2n) is 6.77. The number of amides is 1. The number of likely N-dealkylation sites (tertiary alicyclic amines) is 1. The zero-order valence-corrected chi connectivity index (χ0v) is 15.1. The Morgan fingerprint density at radius 1 is 1.44 bits per heavy atom. The fraction of sp³-hybridized carbons (Fsp3) is 0.765. The van der Waals surface area contributed by atoms with Crippen molar-refractivity contribution in [3.8, 4) is 0 Å². The Morgan fingerprint density at radius 2 is 2.16 bits per heavy atom. The Hall–Kier alpha value is -1.57. The minimum absolute atomic E-state index is 0.0444. The standard InChI is InChI=1S/C17H27F3N4O/c1-4-14-7-5-6-9-24(14)16(25)13(2)22(3)11-15-21-8-10-23(15)12-17(18,19)20/h8,10,13-14H,4-7,9,11-12H2,1-3H3. The first-order valence-corrected chi connectivity index (χ1v) is 8.80. The quantitative estimate of drug-likeness (QED) is 0.783. The topological polar surface area (TPSA) is 41.4 Å². The lowest BCUT2D eigenvalue weighted by molar-refractivity contribution is -0.142. The molecule has 0 radical (unpaired) electrons. The summed E-state index contributed by atoms with van der Waals surface area (Å²) in [5, 5.41) is 0. The van der Waals surface area contributed by atoms with E-state index >= 15 is 0 Å². The average molecular weight is 360 g/mol. The van der Waals surface area contributed by atoms with E-state index < -0.39 is 18.8 Å². The van der Waals surface area contributed by atoms with Crippen LogP contribution >= 0.6 is 0 Å². The summed E-state index contributed by atoms with van der Waals surface area (Å²) in [4.78, 5) is 20.6. The van der Waals surface area contributed by atoms with E-state index in [0.29, 0.717) is 5.82 Å². The summed E-state index contributed by atoms with van der Waals surface area (Å²) < 4.78 is 39.0. The lowest BCUT2D eigenvalue weighted by Gasteiger charge is -2.38. The molecule has 2 unspecified atom stereocenters. The molecule has 2 heterocycles. The summed E-state index contributed by atoms with van der Waals surface area (Å²) in [7, 11) is 1.75. The molecule has 1 aromatic heterocycles. The van der Waals surface area contributed by atoms with Crippen LogP contribution in [-0.4, -0.2) is 57.1 Å². The highest BCUT2D eigenvalue weighted by Crippen LogP contribution is 2.22. The molecule has 2 rings (SSSR count). The van der Waals surface area contributed by atoms with Crippen LogP contribution in [0.4, 0.5) is 13.2 Å². The summed E-state index contributed by atoms with van der Waals surface area (Å²) in [5.41, 5.74) is 0. The summed E-state index contributed by atoms with van der Waals surface area (Å²) >= 11 is 0. The number of imidazole rings is 1. The Balaban J connectivity index is 2.01. The van der Waals surface area contributed by atoms with Gasteiger partial charge in [-0.2, -0.15) is 13.2 Å². The smallest absolute Gasteiger partial charge is 0.338 e. The largest absolute Gasteiger partial charge is 0.406 e. The number of carbonyl (C=O) groups excluding carboxylic acids is 1. The third-order valence-corrected chi connectivity index (χ3v) is 4.94. The number of likely N-dealkylation sites (N-methyl/N-ethyl adjacent to an activating group) is 1. The molecular weight excluding hydrogens is 333 g/mol. The highest BCUT2D eigenvalue weighted by Gasteiger charge is 2.32. The van der Waals surface area contributed by atoms with Crippen LogP contribution in [-0.2, 0) is 17.9 Å². The van der Waals surface area contributed by atoms with E-state index in [2.05, 4.69) is 11.9 Å². The molecule has 0 aromatic carbocycles. The Labute approximate surface area is 146 Å². The summed E-state index contributed by atoms with van der Waals surface area (Å²) in [5.74, 6) is 0.355. The molecule has 1 saturated heterocycles. The van der Waals surface area contributed by atoms with Crippen molar-refractivity contribution >= 4 is 5.91 Å². The van der Waals surface area contributed by atoms with Crippen molar-refractivity contribution in [1.82, 2.24) is 19.4 Å². The number of alkyl halides is 3. The molecule has 25 heavy (non-hydrogen) atoms. The van der Waals surface area contributed by atoms with Gasteiger partial charge in [0.25, 0.3) is 0 Å². The molecule has 1 aliphatic rings. The minimum Gasteiger partial charge on any atom is -0.338 e. The molecule has 1 aliphatic heterocycles. The predicted molar refractivity (Wildman–Crippen MR) is 88.9 cm³/mol. The first-order chi connectivity index (χ1) is 11.7. The first-order valence-electron chi connectivity index (χ1n) is 8.80. The minimum atomic E-state index is -4.29. The molecule has 2 atom stereocenters. The number of nitrogens with zero attached hydrogens (tertiary/aromatic N) is 4. The third kappa shape index (κ3) is 5.20. The molecule has 5 nitrogen and oxygen atoms in total. The highest BCUT2D eigenvalue weighted by molar-refractivity contribution is 5.81. The highest BCUT2D eigenvalue weighted by atomic mass is 19.4. The van der Waals surface area contributed by atoms with Crippen LogP contribution in [0.3, 0.4) is 0 Å². The second kappa shape index (κ2) is 8.21. The van der Waals surface area contributed by atoms with Crippen molar-refractivity contribution in [3.05, 3.63) is 18.2 Å². The number of rotatable bonds is 6. The fourth-order valence-corrected chi connectivity index (χ4v) is 3.33. The van der Waals surface area contributed by atoms with Gasteiger partial charge in [-0.15, -0.1) is 0 Å². The van der Waals surface area contributed by atoms with Crippen LogP contribution in [0.1, 0.15) is 45.4 Å². The van der Waals surface area contributed by atoms with Gasteiger partial charge in [-0.3, -0.25) is 9.69 Å². The maximum absolute atomic E-state index is 12.8. The molecule has 8 heteroatoms. The molecule has 142 valence electrons. The molecule has 1 amide bonds. The van der Waals surface area contributed by atoms with Crippen LogP contribution in [0.25, 0.3) is 0 Å². The van der Waals surface area contributed by atoms with E-state index in [-0.39, 0.29) is 18.5 Å².